The van der Waals surface area contributed by atoms with Gasteiger partial charge in [0.15, 0.2) is 11.6 Å². The molecular weight excluding hydrogens is 594 g/mol. The van der Waals surface area contributed by atoms with E-state index in [1.807, 2.05) is 0 Å². The average molecular weight is 622 g/mol. The van der Waals surface area contributed by atoms with Gasteiger partial charge in [-0.05, 0) is 48.0 Å². The summed E-state index contributed by atoms with van der Waals surface area (Å²) in [7, 11) is 0. The van der Waals surface area contributed by atoms with Crippen molar-refractivity contribution >= 4 is 35.0 Å². The molecule has 7 nitrogen and oxygen atoms in total. The summed E-state index contributed by atoms with van der Waals surface area (Å²) < 4.78 is 52.2. The van der Waals surface area contributed by atoms with Crippen LogP contribution in [0, 0.1) is 0 Å². The van der Waals surface area contributed by atoms with E-state index in [1.165, 1.54) is 30.3 Å². The normalized spacial score (nSPS) is 18.2. The monoisotopic (exact) mass is 621 g/mol. The molecule has 3 aromatic carbocycles. The van der Waals surface area contributed by atoms with Gasteiger partial charge in [0, 0.05) is 47.2 Å². The SMILES string of the molecule is C=CC[C@]1(C(=O)NNCc2ccccc2C(F)(F)F)N=C(c2ccc(OCCCO)cc2)O[C@H]1c1ccc(Cl)cc1Cl. The van der Waals surface area contributed by atoms with Crippen molar-refractivity contribution in [1.29, 1.82) is 0 Å². The number of rotatable bonds is 12. The molecule has 1 aliphatic heterocycles. The second kappa shape index (κ2) is 13.6. The Balaban J connectivity index is 1.65. The van der Waals surface area contributed by atoms with Crippen LogP contribution in [0.3, 0.4) is 0 Å². The van der Waals surface area contributed by atoms with Crippen molar-refractivity contribution in [3.05, 3.63) is 112 Å². The van der Waals surface area contributed by atoms with Gasteiger partial charge in [-0.2, -0.15) is 13.2 Å². The minimum Gasteiger partial charge on any atom is -0.494 e. The number of carbonyl (C=O) groups is 1. The number of amides is 1. The fraction of sp³-hybridized carbons (Fsp3) is 0.267. The lowest BCUT2D eigenvalue weighted by Crippen LogP contribution is -2.52. The van der Waals surface area contributed by atoms with Crippen LogP contribution in [0.4, 0.5) is 13.2 Å². The molecule has 0 fully saturated rings. The molecule has 0 bridgehead atoms. The number of hydrogen-bond donors (Lipinski definition) is 3. The Morgan fingerprint density at radius 3 is 2.55 bits per heavy atom. The number of aliphatic hydroxyl groups excluding tert-OH is 1. The minimum absolute atomic E-state index is 0.00846. The Morgan fingerprint density at radius 1 is 1.14 bits per heavy atom. The van der Waals surface area contributed by atoms with Gasteiger partial charge in [-0.3, -0.25) is 10.2 Å². The van der Waals surface area contributed by atoms with Crippen LogP contribution in [-0.2, 0) is 22.3 Å². The summed E-state index contributed by atoms with van der Waals surface area (Å²) >= 11 is 12.6. The smallest absolute Gasteiger partial charge is 0.416 e. The van der Waals surface area contributed by atoms with Crippen LogP contribution >= 0.6 is 23.2 Å². The van der Waals surface area contributed by atoms with Crippen LogP contribution in [0.2, 0.25) is 10.0 Å². The first kappa shape index (κ1) is 31.4. The molecule has 1 heterocycles. The zero-order valence-electron chi connectivity index (χ0n) is 22.3. The molecule has 3 N–H and O–H groups in total. The van der Waals surface area contributed by atoms with Crippen LogP contribution < -0.4 is 15.6 Å². The van der Waals surface area contributed by atoms with Gasteiger partial charge in [0.2, 0.25) is 5.90 Å². The van der Waals surface area contributed by atoms with Gasteiger partial charge >= 0.3 is 6.18 Å². The van der Waals surface area contributed by atoms with Crippen molar-refractivity contribution in [2.75, 3.05) is 13.2 Å². The molecule has 0 spiro atoms. The zero-order chi connectivity index (χ0) is 30.3. The molecule has 0 aromatic heterocycles. The molecule has 0 aliphatic carbocycles. The van der Waals surface area contributed by atoms with Crippen molar-refractivity contribution in [2.24, 2.45) is 4.99 Å². The van der Waals surface area contributed by atoms with E-state index in [9.17, 15) is 18.0 Å². The molecule has 0 saturated carbocycles. The van der Waals surface area contributed by atoms with Crippen molar-refractivity contribution in [1.82, 2.24) is 10.9 Å². The molecule has 2 atom stereocenters. The van der Waals surface area contributed by atoms with E-state index in [1.54, 1.807) is 36.4 Å². The van der Waals surface area contributed by atoms with Gasteiger partial charge in [0.25, 0.3) is 5.91 Å². The van der Waals surface area contributed by atoms with Gasteiger partial charge < -0.3 is 14.6 Å². The van der Waals surface area contributed by atoms with Crippen molar-refractivity contribution in [3.63, 3.8) is 0 Å². The number of alkyl halides is 3. The van der Waals surface area contributed by atoms with Gasteiger partial charge in [-0.25, -0.2) is 10.4 Å². The Hall–Kier alpha value is -3.57. The molecule has 42 heavy (non-hydrogen) atoms. The molecule has 3 aromatic rings. The Kier molecular flexibility index (Phi) is 10.2. The molecule has 0 radical (unpaired) electrons. The lowest BCUT2D eigenvalue weighted by molar-refractivity contribution is -0.138. The summed E-state index contributed by atoms with van der Waals surface area (Å²) in [4.78, 5) is 18.5. The van der Waals surface area contributed by atoms with E-state index in [0.29, 0.717) is 34.9 Å². The van der Waals surface area contributed by atoms with Gasteiger partial charge in [0.05, 0.1) is 12.2 Å². The van der Waals surface area contributed by atoms with E-state index in [0.717, 1.165) is 6.07 Å². The topological polar surface area (TPSA) is 92.2 Å². The molecule has 0 unspecified atom stereocenters. The van der Waals surface area contributed by atoms with E-state index in [2.05, 4.69) is 17.4 Å². The molecule has 222 valence electrons. The fourth-order valence-electron chi connectivity index (χ4n) is 4.51. The summed E-state index contributed by atoms with van der Waals surface area (Å²) in [6, 6.07) is 16.7. The molecule has 0 saturated heterocycles. The number of nitrogens with one attached hydrogen (secondary N) is 2. The van der Waals surface area contributed by atoms with Crippen LogP contribution in [0.1, 0.15) is 41.2 Å². The predicted molar refractivity (Wildman–Crippen MR) is 154 cm³/mol. The van der Waals surface area contributed by atoms with Gasteiger partial charge in [-0.15, -0.1) is 6.58 Å². The summed E-state index contributed by atoms with van der Waals surface area (Å²) in [6.45, 7) is 3.84. The maximum absolute atomic E-state index is 13.8. The molecule has 1 amide bonds. The third-order valence-electron chi connectivity index (χ3n) is 6.53. The lowest BCUT2D eigenvalue weighted by Gasteiger charge is -2.30. The first-order valence-corrected chi connectivity index (χ1v) is 13.7. The van der Waals surface area contributed by atoms with Gasteiger partial charge in [0.1, 0.15) is 5.75 Å². The number of hydrazine groups is 1. The second-order valence-corrected chi connectivity index (χ2v) is 10.3. The number of halogens is 5. The number of carbonyl (C=O) groups excluding carboxylic acids is 1. The largest absolute Gasteiger partial charge is 0.494 e. The van der Waals surface area contributed by atoms with Crippen molar-refractivity contribution in [2.45, 2.75) is 37.2 Å². The van der Waals surface area contributed by atoms with E-state index < -0.39 is 29.3 Å². The fourth-order valence-corrected chi connectivity index (χ4v) is 5.01. The van der Waals surface area contributed by atoms with Crippen molar-refractivity contribution in [3.8, 4) is 5.75 Å². The minimum atomic E-state index is -4.55. The number of benzene rings is 3. The molecule has 4 rings (SSSR count). The summed E-state index contributed by atoms with van der Waals surface area (Å²) in [6.07, 6.45) is -3.59. The third-order valence-corrected chi connectivity index (χ3v) is 7.10. The number of hydrogen-bond acceptors (Lipinski definition) is 6. The highest BCUT2D eigenvalue weighted by Gasteiger charge is 2.53. The van der Waals surface area contributed by atoms with Crippen LogP contribution in [0.5, 0.6) is 5.75 Å². The standard InChI is InChI=1S/C30H28Cl2F3N3O4/c1-2-14-29(28(40)38-36-18-20-6-3-4-7-24(20)30(33,34)35)26(23-13-10-21(31)17-25(23)32)42-27(37-29)19-8-11-22(12-9-19)41-16-5-15-39/h2-4,6-13,17,26,36,39H,1,5,14-16,18H2,(H,38,40)/t26-,29-/m0/s1. The average Bonchev–Trinajstić information content (AvgIpc) is 3.33. The van der Waals surface area contributed by atoms with E-state index in [-0.39, 0.29) is 36.1 Å². The zero-order valence-corrected chi connectivity index (χ0v) is 23.8. The van der Waals surface area contributed by atoms with Crippen LogP contribution in [0.15, 0.2) is 84.4 Å². The highest BCUT2D eigenvalue weighted by atomic mass is 35.5. The predicted octanol–water partition coefficient (Wildman–Crippen LogP) is 6.43. The van der Waals surface area contributed by atoms with Gasteiger partial charge in [-0.1, -0.05) is 53.5 Å². The second-order valence-electron chi connectivity index (χ2n) is 9.41. The Labute approximate surface area is 250 Å². The summed E-state index contributed by atoms with van der Waals surface area (Å²) in [5.41, 5.74) is 3.62. The first-order chi connectivity index (χ1) is 20.1. The van der Waals surface area contributed by atoms with Crippen molar-refractivity contribution < 1.29 is 32.5 Å². The summed E-state index contributed by atoms with van der Waals surface area (Å²) in [5, 5.41) is 9.58. The van der Waals surface area contributed by atoms with E-state index in [4.69, 9.17) is 42.8 Å². The Morgan fingerprint density at radius 2 is 1.88 bits per heavy atom. The third kappa shape index (κ3) is 7.07. The maximum Gasteiger partial charge on any atom is 0.416 e. The number of aliphatic hydroxyl groups is 1. The lowest BCUT2D eigenvalue weighted by atomic mass is 9.84. The highest BCUT2D eigenvalue weighted by molar-refractivity contribution is 6.35. The first-order valence-electron chi connectivity index (χ1n) is 12.9. The maximum atomic E-state index is 13.8. The highest BCUT2D eigenvalue weighted by Crippen LogP contribution is 2.45. The number of ether oxygens (including phenoxy) is 2. The Bertz CT molecular complexity index is 1450. The summed E-state index contributed by atoms with van der Waals surface area (Å²) in [5.74, 6) is 0.0516. The number of aliphatic imine (C=N–C) groups is 1. The van der Waals surface area contributed by atoms with E-state index >= 15 is 0 Å². The molecular formula is C30H28Cl2F3N3O4. The van der Waals surface area contributed by atoms with Crippen LogP contribution in [-0.4, -0.2) is 35.7 Å². The molecule has 1 aliphatic rings. The quantitative estimate of drug-likeness (QED) is 0.123. The van der Waals surface area contributed by atoms with Crippen LogP contribution in [0.25, 0.3) is 0 Å². The molecule has 12 heteroatoms. The number of nitrogens with zero attached hydrogens (tertiary/aromatic N) is 1.